The van der Waals surface area contributed by atoms with Crippen LogP contribution in [0.5, 0.6) is 5.75 Å². The minimum atomic E-state index is -0.375. The lowest BCUT2D eigenvalue weighted by Gasteiger charge is -2.34. The number of piperazine rings is 1. The van der Waals surface area contributed by atoms with Crippen LogP contribution in [0.2, 0.25) is 0 Å². The number of pyridine rings is 1. The number of likely N-dealkylation sites (N-methyl/N-ethyl adjacent to an activating group) is 1. The highest BCUT2D eigenvalue weighted by atomic mass is 16.5. The van der Waals surface area contributed by atoms with Gasteiger partial charge in [0.05, 0.1) is 12.8 Å². The van der Waals surface area contributed by atoms with E-state index in [9.17, 15) is 4.79 Å². The third kappa shape index (κ3) is 3.57. The van der Waals surface area contributed by atoms with E-state index in [0.717, 1.165) is 43.2 Å². The molecular formula is C19H23N3O2. The average molecular weight is 325 g/mol. The van der Waals surface area contributed by atoms with Gasteiger partial charge in [-0.3, -0.25) is 9.78 Å². The molecular weight excluding hydrogens is 302 g/mol. The molecule has 2 aromatic rings. The molecule has 5 nitrogen and oxygen atoms in total. The Morgan fingerprint density at radius 3 is 2.38 bits per heavy atom. The van der Waals surface area contributed by atoms with Gasteiger partial charge in [0.2, 0.25) is 5.91 Å². The maximum absolute atomic E-state index is 13.2. The van der Waals surface area contributed by atoms with Crippen molar-refractivity contribution in [3.05, 3.63) is 59.9 Å². The summed E-state index contributed by atoms with van der Waals surface area (Å²) in [4.78, 5) is 21.8. The van der Waals surface area contributed by atoms with Crippen LogP contribution in [-0.4, -0.2) is 61.0 Å². The SMILES string of the molecule is COc1ccc(C(C(=O)N2CCN(C)CC2)c2ccccn2)cc1. The minimum absolute atomic E-state index is 0.118. The Morgan fingerprint density at radius 1 is 1.08 bits per heavy atom. The first-order valence-electron chi connectivity index (χ1n) is 8.21. The molecule has 1 unspecified atom stereocenters. The number of carbonyl (C=O) groups is 1. The Hall–Kier alpha value is -2.40. The number of hydrogen-bond donors (Lipinski definition) is 0. The number of hydrogen-bond acceptors (Lipinski definition) is 4. The average Bonchev–Trinajstić information content (AvgIpc) is 2.64. The van der Waals surface area contributed by atoms with Crippen molar-refractivity contribution in [2.75, 3.05) is 40.3 Å². The molecule has 5 heteroatoms. The van der Waals surface area contributed by atoms with Crippen LogP contribution in [0.25, 0.3) is 0 Å². The van der Waals surface area contributed by atoms with E-state index in [0.29, 0.717) is 0 Å². The predicted molar refractivity (Wildman–Crippen MR) is 93.2 cm³/mol. The van der Waals surface area contributed by atoms with Gasteiger partial charge >= 0.3 is 0 Å². The quantitative estimate of drug-likeness (QED) is 0.862. The van der Waals surface area contributed by atoms with Crippen molar-refractivity contribution >= 4 is 5.91 Å². The summed E-state index contributed by atoms with van der Waals surface area (Å²) in [6, 6.07) is 13.4. The van der Waals surface area contributed by atoms with Gasteiger partial charge in [0.1, 0.15) is 11.7 Å². The molecule has 1 aliphatic rings. The number of rotatable bonds is 4. The summed E-state index contributed by atoms with van der Waals surface area (Å²) < 4.78 is 5.23. The summed E-state index contributed by atoms with van der Waals surface area (Å²) in [6.07, 6.45) is 1.74. The van der Waals surface area contributed by atoms with Crippen LogP contribution in [0.3, 0.4) is 0 Å². The van der Waals surface area contributed by atoms with Crippen LogP contribution >= 0.6 is 0 Å². The van der Waals surface area contributed by atoms with Crippen molar-refractivity contribution < 1.29 is 9.53 Å². The van der Waals surface area contributed by atoms with Crippen molar-refractivity contribution in [3.63, 3.8) is 0 Å². The Bertz CT molecular complexity index is 665. The minimum Gasteiger partial charge on any atom is -0.497 e. The molecule has 3 rings (SSSR count). The summed E-state index contributed by atoms with van der Waals surface area (Å²) in [6.45, 7) is 3.33. The zero-order valence-corrected chi connectivity index (χ0v) is 14.2. The molecule has 0 saturated carbocycles. The number of nitrogens with zero attached hydrogens (tertiary/aromatic N) is 3. The first-order chi connectivity index (χ1) is 11.7. The number of benzene rings is 1. The van der Waals surface area contributed by atoms with Gasteiger partial charge in [-0.25, -0.2) is 0 Å². The van der Waals surface area contributed by atoms with Crippen molar-refractivity contribution in [2.45, 2.75) is 5.92 Å². The molecule has 0 N–H and O–H groups in total. The fourth-order valence-corrected chi connectivity index (χ4v) is 2.99. The highest BCUT2D eigenvalue weighted by Crippen LogP contribution is 2.27. The summed E-state index contributed by atoms with van der Waals surface area (Å²) >= 11 is 0. The Balaban J connectivity index is 1.91. The molecule has 0 bridgehead atoms. The molecule has 1 saturated heterocycles. The van der Waals surface area contributed by atoms with E-state index in [1.807, 2.05) is 47.4 Å². The molecule has 1 aromatic carbocycles. The largest absolute Gasteiger partial charge is 0.497 e. The van der Waals surface area contributed by atoms with Crippen molar-refractivity contribution in [1.82, 2.24) is 14.8 Å². The third-order valence-electron chi connectivity index (χ3n) is 4.49. The van der Waals surface area contributed by atoms with Gasteiger partial charge in [0.25, 0.3) is 0 Å². The van der Waals surface area contributed by atoms with E-state index in [1.54, 1.807) is 13.3 Å². The molecule has 126 valence electrons. The van der Waals surface area contributed by atoms with Gasteiger partial charge in [-0.1, -0.05) is 18.2 Å². The molecule has 1 aliphatic heterocycles. The molecule has 1 aromatic heterocycles. The molecule has 2 heterocycles. The molecule has 0 radical (unpaired) electrons. The smallest absolute Gasteiger partial charge is 0.236 e. The van der Waals surface area contributed by atoms with Crippen LogP contribution in [0.1, 0.15) is 17.2 Å². The maximum atomic E-state index is 13.2. The fraction of sp³-hybridized carbons (Fsp3) is 0.368. The van der Waals surface area contributed by atoms with Crippen LogP contribution in [0.15, 0.2) is 48.7 Å². The van der Waals surface area contributed by atoms with Gasteiger partial charge in [-0.05, 0) is 36.9 Å². The van der Waals surface area contributed by atoms with Crippen LogP contribution in [0.4, 0.5) is 0 Å². The second-order valence-electron chi connectivity index (χ2n) is 6.09. The monoisotopic (exact) mass is 325 g/mol. The Morgan fingerprint density at radius 2 is 1.79 bits per heavy atom. The summed E-state index contributed by atoms with van der Waals surface area (Å²) in [7, 11) is 3.72. The highest BCUT2D eigenvalue weighted by molar-refractivity contribution is 5.87. The van der Waals surface area contributed by atoms with Gasteiger partial charge in [-0.15, -0.1) is 0 Å². The normalized spacial score (nSPS) is 16.7. The first-order valence-corrected chi connectivity index (χ1v) is 8.21. The summed E-state index contributed by atoms with van der Waals surface area (Å²) in [5.41, 5.74) is 1.73. The van der Waals surface area contributed by atoms with E-state index in [1.165, 1.54) is 0 Å². The van der Waals surface area contributed by atoms with E-state index >= 15 is 0 Å². The number of amides is 1. The molecule has 0 spiro atoms. The number of ether oxygens (including phenoxy) is 1. The van der Waals surface area contributed by atoms with Gasteiger partial charge in [0.15, 0.2) is 0 Å². The zero-order chi connectivity index (χ0) is 16.9. The summed E-state index contributed by atoms with van der Waals surface area (Å²) in [5, 5.41) is 0. The van der Waals surface area contributed by atoms with Gasteiger partial charge < -0.3 is 14.5 Å². The number of carbonyl (C=O) groups excluding carboxylic acids is 1. The molecule has 1 atom stereocenters. The molecule has 1 amide bonds. The second-order valence-corrected chi connectivity index (χ2v) is 6.09. The molecule has 24 heavy (non-hydrogen) atoms. The van der Waals surface area contributed by atoms with E-state index < -0.39 is 0 Å². The van der Waals surface area contributed by atoms with E-state index in [-0.39, 0.29) is 11.8 Å². The highest BCUT2D eigenvalue weighted by Gasteiger charge is 2.30. The second kappa shape index (κ2) is 7.45. The van der Waals surface area contributed by atoms with Crippen molar-refractivity contribution in [1.29, 1.82) is 0 Å². The first kappa shape index (κ1) is 16.5. The third-order valence-corrected chi connectivity index (χ3v) is 4.49. The topological polar surface area (TPSA) is 45.7 Å². The fourth-order valence-electron chi connectivity index (χ4n) is 2.99. The lowest BCUT2D eigenvalue weighted by atomic mass is 9.93. The number of aromatic nitrogens is 1. The standard InChI is InChI=1S/C19H23N3O2/c1-21-11-13-22(14-12-21)19(23)18(17-5-3-4-10-20-17)15-6-8-16(24-2)9-7-15/h3-10,18H,11-14H2,1-2H3. The van der Waals surface area contributed by atoms with E-state index in [2.05, 4.69) is 16.9 Å². The molecule has 1 fully saturated rings. The summed E-state index contributed by atoms with van der Waals surface area (Å²) in [5.74, 6) is 0.526. The van der Waals surface area contributed by atoms with Gasteiger partial charge in [-0.2, -0.15) is 0 Å². The lowest BCUT2D eigenvalue weighted by molar-refractivity contribution is -0.133. The predicted octanol–water partition coefficient (Wildman–Crippen LogP) is 2.00. The van der Waals surface area contributed by atoms with Crippen LogP contribution in [0, 0.1) is 0 Å². The number of methoxy groups -OCH3 is 1. The van der Waals surface area contributed by atoms with Crippen molar-refractivity contribution in [3.8, 4) is 5.75 Å². The maximum Gasteiger partial charge on any atom is 0.236 e. The van der Waals surface area contributed by atoms with Crippen LogP contribution < -0.4 is 4.74 Å². The van der Waals surface area contributed by atoms with Crippen LogP contribution in [-0.2, 0) is 4.79 Å². The zero-order valence-electron chi connectivity index (χ0n) is 14.2. The molecule has 0 aliphatic carbocycles. The Kier molecular flexibility index (Phi) is 5.11. The van der Waals surface area contributed by atoms with E-state index in [4.69, 9.17) is 4.74 Å². The Labute approximate surface area is 142 Å². The lowest BCUT2D eigenvalue weighted by Crippen LogP contribution is -2.48. The van der Waals surface area contributed by atoms with Gasteiger partial charge in [0, 0.05) is 32.4 Å². The van der Waals surface area contributed by atoms with Crippen molar-refractivity contribution in [2.24, 2.45) is 0 Å².